The number of hydrogen-bond acceptors (Lipinski definition) is 2. The van der Waals surface area contributed by atoms with Gasteiger partial charge in [0, 0.05) is 25.0 Å². The molecule has 3 rings (SSSR count). The summed E-state index contributed by atoms with van der Waals surface area (Å²) in [6.07, 6.45) is 6.82. The van der Waals surface area contributed by atoms with Gasteiger partial charge in [-0.25, -0.2) is 4.98 Å². The van der Waals surface area contributed by atoms with Gasteiger partial charge in [0.2, 0.25) is 0 Å². The number of aromatic nitrogens is 2. The molecule has 3 nitrogen and oxygen atoms in total. The lowest BCUT2D eigenvalue weighted by molar-refractivity contribution is 0.369. The number of nitrogens with one attached hydrogen (secondary N) is 1. The lowest BCUT2D eigenvalue weighted by Crippen LogP contribution is -2.31. The molecule has 1 aliphatic carbocycles. The highest BCUT2D eigenvalue weighted by Crippen LogP contribution is 2.31. The first-order chi connectivity index (χ1) is 8.74. The number of pyridine rings is 1. The molecule has 0 radical (unpaired) electrons. The first kappa shape index (κ1) is 11.7. The Morgan fingerprint density at radius 2 is 2.22 bits per heavy atom. The minimum atomic E-state index is 0.657. The molecule has 3 atom stereocenters. The molecule has 0 spiro atoms. The van der Waals surface area contributed by atoms with Crippen molar-refractivity contribution < 1.29 is 0 Å². The second-order valence-electron chi connectivity index (χ2n) is 5.60. The molecule has 0 saturated heterocycles. The second kappa shape index (κ2) is 4.73. The van der Waals surface area contributed by atoms with Gasteiger partial charge in [0.05, 0.1) is 5.69 Å². The van der Waals surface area contributed by atoms with Gasteiger partial charge in [-0.1, -0.05) is 19.9 Å². The van der Waals surface area contributed by atoms with Crippen molar-refractivity contribution in [3.8, 4) is 0 Å². The maximum atomic E-state index is 4.62. The van der Waals surface area contributed by atoms with Crippen molar-refractivity contribution in [1.82, 2.24) is 14.7 Å². The van der Waals surface area contributed by atoms with E-state index in [1.807, 2.05) is 24.4 Å². The molecule has 1 N–H and O–H groups in total. The van der Waals surface area contributed by atoms with Crippen LogP contribution in [0.15, 0.2) is 30.6 Å². The van der Waals surface area contributed by atoms with Crippen molar-refractivity contribution in [2.45, 2.75) is 39.3 Å². The number of hydrogen-bond donors (Lipinski definition) is 1. The topological polar surface area (TPSA) is 29.3 Å². The van der Waals surface area contributed by atoms with Gasteiger partial charge in [0.15, 0.2) is 0 Å². The zero-order chi connectivity index (χ0) is 12.5. The Kier molecular flexibility index (Phi) is 3.08. The smallest absolute Gasteiger partial charge is 0.137 e. The van der Waals surface area contributed by atoms with Crippen molar-refractivity contribution in [2.24, 2.45) is 11.8 Å². The quantitative estimate of drug-likeness (QED) is 0.898. The van der Waals surface area contributed by atoms with Gasteiger partial charge in [-0.15, -0.1) is 0 Å². The van der Waals surface area contributed by atoms with Crippen molar-refractivity contribution in [1.29, 1.82) is 0 Å². The van der Waals surface area contributed by atoms with E-state index < -0.39 is 0 Å². The molecular formula is C15H21N3. The molecule has 1 aliphatic rings. The zero-order valence-corrected chi connectivity index (χ0v) is 11.1. The van der Waals surface area contributed by atoms with Gasteiger partial charge in [-0.2, -0.15) is 0 Å². The Balaban J connectivity index is 1.66. The summed E-state index contributed by atoms with van der Waals surface area (Å²) in [4.78, 5) is 4.62. The van der Waals surface area contributed by atoms with E-state index in [2.05, 4.69) is 34.7 Å². The maximum absolute atomic E-state index is 4.62. The molecule has 18 heavy (non-hydrogen) atoms. The monoisotopic (exact) mass is 243 g/mol. The Morgan fingerprint density at radius 1 is 1.33 bits per heavy atom. The summed E-state index contributed by atoms with van der Waals surface area (Å²) in [5, 5.41) is 3.66. The Hall–Kier alpha value is -1.35. The molecule has 96 valence electrons. The minimum Gasteiger partial charge on any atom is -0.308 e. The molecule has 2 heterocycles. The van der Waals surface area contributed by atoms with E-state index in [4.69, 9.17) is 0 Å². The summed E-state index contributed by atoms with van der Waals surface area (Å²) >= 11 is 0. The molecule has 0 aliphatic heterocycles. The van der Waals surface area contributed by atoms with Gasteiger partial charge < -0.3 is 9.72 Å². The molecular weight excluding hydrogens is 222 g/mol. The SMILES string of the molecule is CC1CCC(NCc2cn3ccccc3n2)C1C. The summed E-state index contributed by atoms with van der Waals surface area (Å²) in [7, 11) is 0. The third-order valence-electron chi connectivity index (χ3n) is 4.42. The van der Waals surface area contributed by atoms with E-state index >= 15 is 0 Å². The fourth-order valence-electron chi connectivity index (χ4n) is 2.96. The molecule has 0 bridgehead atoms. The van der Waals surface area contributed by atoms with E-state index in [1.165, 1.54) is 12.8 Å². The van der Waals surface area contributed by atoms with Gasteiger partial charge >= 0.3 is 0 Å². The van der Waals surface area contributed by atoms with Crippen LogP contribution in [-0.4, -0.2) is 15.4 Å². The summed E-state index contributed by atoms with van der Waals surface area (Å²) in [6, 6.07) is 6.77. The van der Waals surface area contributed by atoms with Gasteiger partial charge in [-0.05, 0) is 36.8 Å². The van der Waals surface area contributed by atoms with Crippen LogP contribution in [-0.2, 0) is 6.54 Å². The molecule has 1 saturated carbocycles. The highest BCUT2D eigenvalue weighted by atomic mass is 15.0. The van der Waals surface area contributed by atoms with E-state index in [1.54, 1.807) is 0 Å². The third-order valence-corrected chi connectivity index (χ3v) is 4.42. The lowest BCUT2D eigenvalue weighted by Gasteiger charge is -2.18. The Labute approximate surface area is 108 Å². The van der Waals surface area contributed by atoms with E-state index in [0.717, 1.165) is 29.7 Å². The van der Waals surface area contributed by atoms with Crippen LogP contribution >= 0.6 is 0 Å². The van der Waals surface area contributed by atoms with Gasteiger partial charge in [0.25, 0.3) is 0 Å². The number of nitrogens with zero attached hydrogens (tertiary/aromatic N) is 2. The predicted octanol–water partition coefficient (Wildman–Crippen LogP) is 2.86. The number of rotatable bonds is 3. The van der Waals surface area contributed by atoms with Crippen LogP contribution in [0.25, 0.3) is 5.65 Å². The average molecular weight is 243 g/mol. The molecule has 3 heteroatoms. The van der Waals surface area contributed by atoms with Crippen LogP contribution in [0.3, 0.4) is 0 Å². The van der Waals surface area contributed by atoms with E-state index in [9.17, 15) is 0 Å². The molecule has 2 aromatic rings. The lowest BCUT2D eigenvalue weighted by atomic mass is 9.98. The summed E-state index contributed by atoms with van der Waals surface area (Å²) in [5.74, 6) is 1.63. The Bertz CT molecular complexity index is 498. The fourth-order valence-corrected chi connectivity index (χ4v) is 2.96. The highest BCUT2D eigenvalue weighted by molar-refractivity contribution is 5.39. The summed E-state index contributed by atoms with van der Waals surface area (Å²) < 4.78 is 2.08. The molecule has 0 aromatic carbocycles. The third kappa shape index (κ3) is 2.15. The fraction of sp³-hybridized carbons (Fsp3) is 0.533. The summed E-state index contributed by atoms with van der Waals surface area (Å²) in [6.45, 7) is 5.60. The number of imidazole rings is 1. The molecule has 1 fully saturated rings. The van der Waals surface area contributed by atoms with Crippen LogP contribution in [0.2, 0.25) is 0 Å². The van der Waals surface area contributed by atoms with E-state index in [-0.39, 0.29) is 0 Å². The molecule has 2 aromatic heterocycles. The minimum absolute atomic E-state index is 0.657. The number of fused-ring (bicyclic) bond motifs is 1. The maximum Gasteiger partial charge on any atom is 0.137 e. The van der Waals surface area contributed by atoms with Gasteiger partial charge in [0.1, 0.15) is 5.65 Å². The average Bonchev–Trinajstić information content (AvgIpc) is 2.92. The predicted molar refractivity (Wildman–Crippen MR) is 73.4 cm³/mol. The largest absolute Gasteiger partial charge is 0.308 e. The van der Waals surface area contributed by atoms with Crippen molar-refractivity contribution in [3.63, 3.8) is 0 Å². The zero-order valence-electron chi connectivity index (χ0n) is 11.1. The van der Waals surface area contributed by atoms with Crippen LogP contribution in [0.5, 0.6) is 0 Å². The first-order valence-corrected chi connectivity index (χ1v) is 6.90. The molecule has 0 amide bonds. The highest BCUT2D eigenvalue weighted by Gasteiger charge is 2.29. The van der Waals surface area contributed by atoms with Crippen LogP contribution in [0.1, 0.15) is 32.4 Å². The van der Waals surface area contributed by atoms with Crippen molar-refractivity contribution in [3.05, 3.63) is 36.3 Å². The van der Waals surface area contributed by atoms with Crippen LogP contribution in [0.4, 0.5) is 0 Å². The van der Waals surface area contributed by atoms with Crippen LogP contribution < -0.4 is 5.32 Å². The standard InChI is InChI=1S/C15H21N3/c1-11-6-7-14(12(11)2)16-9-13-10-18-8-4-3-5-15(18)17-13/h3-5,8,10-12,14,16H,6-7,9H2,1-2H3. The first-order valence-electron chi connectivity index (χ1n) is 6.90. The van der Waals surface area contributed by atoms with Crippen LogP contribution in [0, 0.1) is 11.8 Å². The second-order valence-corrected chi connectivity index (χ2v) is 5.60. The van der Waals surface area contributed by atoms with Crippen molar-refractivity contribution in [2.75, 3.05) is 0 Å². The molecule has 3 unspecified atom stereocenters. The van der Waals surface area contributed by atoms with Gasteiger partial charge in [-0.3, -0.25) is 0 Å². The normalized spacial score (nSPS) is 28.0. The summed E-state index contributed by atoms with van der Waals surface area (Å²) in [5.41, 5.74) is 2.16. The Morgan fingerprint density at radius 3 is 2.94 bits per heavy atom. The van der Waals surface area contributed by atoms with Crippen molar-refractivity contribution >= 4 is 5.65 Å². The van der Waals surface area contributed by atoms with E-state index in [0.29, 0.717) is 6.04 Å².